The summed E-state index contributed by atoms with van der Waals surface area (Å²) in [6, 6.07) is 0.331. The van der Waals surface area contributed by atoms with Gasteiger partial charge in [-0.25, -0.2) is 0 Å². The number of rotatable bonds is 8. The van der Waals surface area contributed by atoms with Gasteiger partial charge >= 0.3 is 0 Å². The zero-order valence-electron chi connectivity index (χ0n) is 12.2. The molecular weight excluding hydrogens is 196 g/mol. The van der Waals surface area contributed by atoms with E-state index in [1.54, 1.807) is 0 Å². The average Bonchev–Trinajstić information content (AvgIpc) is 1.97. The molecule has 0 aliphatic heterocycles. The predicted octanol–water partition coefficient (Wildman–Crippen LogP) is 2.97. The van der Waals surface area contributed by atoms with Crippen molar-refractivity contribution in [3.8, 4) is 0 Å². The lowest BCUT2D eigenvalue weighted by atomic mass is 10.0. The van der Waals surface area contributed by atoms with Crippen LogP contribution in [0.4, 0.5) is 0 Å². The molecule has 0 rings (SSSR count). The predicted molar refractivity (Wildman–Crippen MR) is 73.5 cm³/mol. The Morgan fingerprint density at radius 2 is 1.19 bits per heavy atom. The number of hydrogen-bond donors (Lipinski definition) is 1. The molecule has 0 aromatic carbocycles. The van der Waals surface area contributed by atoms with Crippen LogP contribution in [0.5, 0.6) is 0 Å². The van der Waals surface area contributed by atoms with E-state index in [0.717, 1.165) is 24.8 Å². The Kier molecular flexibility index (Phi) is 8.04. The molecule has 0 unspecified atom stereocenters. The highest BCUT2D eigenvalue weighted by atomic mass is 15.1. The van der Waals surface area contributed by atoms with Crippen molar-refractivity contribution in [2.75, 3.05) is 19.6 Å². The molecule has 0 aliphatic rings. The van der Waals surface area contributed by atoms with Gasteiger partial charge in [0.1, 0.15) is 0 Å². The van der Waals surface area contributed by atoms with Crippen LogP contribution in [0.3, 0.4) is 0 Å². The van der Waals surface area contributed by atoms with E-state index in [1.165, 1.54) is 13.1 Å². The Morgan fingerprint density at radius 3 is 1.50 bits per heavy atom. The van der Waals surface area contributed by atoms with Crippen LogP contribution in [-0.2, 0) is 0 Å². The molecule has 16 heavy (non-hydrogen) atoms. The summed E-state index contributed by atoms with van der Waals surface area (Å²) >= 11 is 0. The molecular formula is C14H32N2. The zero-order valence-corrected chi connectivity index (χ0v) is 12.2. The third-order valence-electron chi connectivity index (χ3n) is 2.51. The minimum absolute atomic E-state index is 0.331. The van der Waals surface area contributed by atoms with Crippen LogP contribution in [0, 0.1) is 17.8 Å². The Morgan fingerprint density at radius 1 is 0.750 bits per heavy atom. The average molecular weight is 228 g/mol. The molecule has 0 saturated heterocycles. The summed E-state index contributed by atoms with van der Waals surface area (Å²) in [5.74, 6) is 2.16. The summed E-state index contributed by atoms with van der Waals surface area (Å²) in [6.45, 7) is 17.0. The largest absolute Gasteiger partial charge is 0.327 e. The van der Waals surface area contributed by atoms with E-state index >= 15 is 0 Å². The summed E-state index contributed by atoms with van der Waals surface area (Å²) in [6.07, 6.45) is 1.13. The minimum atomic E-state index is 0.331. The van der Waals surface area contributed by atoms with Crippen molar-refractivity contribution in [3.05, 3.63) is 0 Å². The second-order valence-electron chi connectivity index (χ2n) is 6.40. The van der Waals surface area contributed by atoms with Crippen molar-refractivity contribution in [3.63, 3.8) is 0 Å². The maximum atomic E-state index is 6.19. The Bertz CT molecular complexity index is 154. The molecule has 2 N–H and O–H groups in total. The lowest BCUT2D eigenvalue weighted by Gasteiger charge is -2.29. The van der Waals surface area contributed by atoms with Gasteiger partial charge < -0.3 is 10.6 Å². The van der Waals surface area contributed by atoms with E-state index in [4.69, 9.17) is 5.73 Å². The fourth-order valence-corrected chi connectivity index (χ4v) is 2.27. The van der Waals surface area contributed by atoms with Gasteiger partial charge in [0.05, 0.1) is 0 Å². The molecule has 98 valence electrons. The van der Waals surface area contributed by atoms with Gasteiger partial charge in [-0.2, -0.15) is 0 Å². The van der Waals surface area contributed by atoms with Crippen molar-refractivity contribution < 1.29 is 0 Å². The highest BCUT2D eigenvalue weighted by Crippen LogP contribution is 2.08. The van der Waals surface area contributed by atoms with E-state index < -0.39 is 0 Å². The SMILES string of the molecule is CC(C)C[C@@H](N)CN(CC(C)C)CC(C)C. The van der Waals surface area contributed by atoms with Gasteiger partial charge in [0.25, 0.3) is 0 Å². The van der Waals surface area contributed by atoms with Gasteiger partial charge in [-0.3, -0.25) is 0 Å². The van der Waals surface area contributed by atoms with Crippen molar-refractivity contribution in [2.24, 2.45) is 23.5 Å². The van der Waals surface area contributed by atoms with Crippen molar-refractivity contribution in [1.82, 2.24) is 4.90 Å². The summed E-state index contributed by atoms with van der Waals surface area (Å²) in [4.78, 5) is 2.53. The van der Waals surface area contributed by atoms with Gasteiger partial charge in [0.15, 0.2) is 0 Å². The number of nitrogens with two attached hydrogens (primary N) is 1. The molecule has 0 spiro atoms. The topological polar surface area (TPSA) is 29.3 Å². The van der Waals surface area contributed by atoms with E-state index in [2.05, 4.69) is 46.4 Å². The van der Waals surface area contributed by atoms with Gasteiger partial charge in [-0.15, -0.1) is 0 Å². The quantitative estimate of drug-likeness (QED) is 0.692. The van der Waals surface area contributed by atoms with Gasteiger partial charge in [0, 0.05) is 25.7 Å². The molecule has 2 heteroatoms. The Labute approximate surface area is 103 Å². The second kappa shape index (κ2) is 8.08. The normalized spacial score (nSPS) is 14.4. The molecule has 0 saturated carbocycles. The molecule has 1 atom stereocenters. The number of nitrogens with zero attached hydrogens (tertiary/aromatic N) is 1. The van der Waals surface area contributed by atoms with Crippen LogP contribution in [0.2, 0.25) is 0 Å². The van der Waals surface area contributed by atoms with E-state index in [1.807, 2.05) is 0 Å². The summed E-state index contributed by atoms with van der Waals surface area (Å²) in [5.41, 5.74) is 6.19. The lowest BCUT2D eigenvalue weighted by molar-refractivity contribution is 0.200. The van der Waals surface area contributed by atoms with Gasteiger partial charge in [-0.05, 0) is 24.2 Å². The molecule has 0 radical (unpaired) electrons. The minimum Gasteiger partial charge on any atom is -0.327 e. The molecule has 0 amide bonds. The first kappa shape index (κ1) is 15.9. The summed E-state index contributed by atoms with van der Waals surface area (Å²) in [5, 5.41) is 0. The fourth-order valence-electron chi connectivity index (χ4n) is 2.27. The first-order valence-electron chi connectivity index (χ1n) is 6.79. The molecule has 0 aromatic heterocycles. The van der Waals surface area contributed by atoms with Gasteiger partial charge in [-0.1, -0.05) is 41.5 Å². The first-order valence-corrected chi connectivity index (χ1v) is 6.79. The third-order valence-corrected chi connectivity index (χ3v) is 2.51. The molecule has 0 heterocycles. The fraction of sp³-hybridized carbons (Fsp3) is 1.00. The Balaban J connectivity index is 4.08. The second-order valence-corrected chi connectivity index (χ2v) is 6.40. The molecule has 0 bridgehead atoms. The highest BCUT2D eigenvalue weighted by Gasteiger charge is 2.14. The highest BCUT2D eigenvalue weighted by molar-refractivity contribution is 4.71. The number of hydrogen-bond acceptors (Lipinski definition) is 2. The molecule has 0 aliphatic carbocycles. The zero-order chi connectivity index (χ0) is 12.7. The monoisotopic (exact) mass is 228 g/mol. The molecule has 0 fully saturated rings. The summed E-state index contributed by atoms with van der Waals surface area (Å²) in [7, 11) is 0. The molecule has 2 nitrogen and oxygen atoms in total. The van der Waals surface area contributed by atoms with E-state index in [-0.39, 0.29) is 0 Å². The summed E-state index contributed by atoms with van der Waals surface area (Å²) < 4.78 is 0. The lowest BCUT2D eigenvalue weighted by Crippen LogP contribution is -2.41. The van der Waals surface area contributed by atoms with Crippen LogP contribution < -0.4 is 5.73 Å². The van der Waals surface area contributed by atoms with Crippen molar-refractivity contribution >= 4 is 0 Å². The third kappa shape index (κ3) is 9.17. The first-order chi connectivity index (χ1) is 7.31. The van der Waals surface area contributed by atoms with Crippen molar-refractivity contribution in [1.29, 1.82) is 0 Å². The molecule has 0 aromatic rings. The maximum absolute atomic E-state index is 6.19. The van der Waals surface area contributed by atoms with E-state index in [9.17, 15) is 0 Å². The van der Waals surface area contributed by atoms with Crippen molar-refractivity contribution in [2.45, 2.75) is 54.0 Å². The van der Waals surface area contributed by atoms with E-state index in [0.29, 0.717) is 12.0 Å². The smallest absolute Gasteiger partial charge is 0.0170 e. The van der Waals surface area contributed by atoms with Crippen LogP contribution in [-0.4, -0.2) is 30.6 Å². The Hall–Kier alpha value is -0.0800. The van der Waals surface area contributed by atoms with Crippen LogP contribution in [0.25, 0.3) is 0 Å². The standard InChI is InChI=1S/C14H32N2/c1-11(2)7-14(15)10-16(8-12(3)4)9-13(5)6/h11-14H,7-10,15H2,1-6H3/t14-/m1/s1. The van der Waals surface area contributed by atoms with Gasteiger partial charge in [0.2, 0.25) is 0 Å². The van der Waals surface area contributed by atoms with Crippen LogP contribution >= 0.6 is 0 Å². The van der Waals surface area contributed by atoms with Crippen LogP contribution in [0.1, 0.15) is 48.0 Å². The van der Waals surface area contributed by atoms with Crippen LogP contribution in [0.15, 0.2) is 0 Å². The maximum Gasteiger partial charge on any atom is 0.0170 e.